The Bertz CT molecular complexity index is 260. The normalized spacial score (nSPS) is 17.1. The molecule has 0 N–H and O–H groups in total. The number of hydrogen-bond acceptors (Lipinski definition) is 2. The molecule has 92 valence electrons. The van der Waals surface area contributed by atoms with Crippen LogP contribution in [0.5, 0.6) is 0 Å². The van der Waals surface area contributed by atoms with Crippen molar-refractivity contribution in [3.63, 3.8) is 0 Å². The van der Waals surface area contributed by atoms with Crippen LogP contribution in [-0.4, -0.2) is 24.8 Å². The van der Waals surface area contributed by atoms with Crippen molar-refractivity contribution >= 4 is 21.4 Å². The Balaban J connectivity index is 4.36. The van der Waals surface area contributed by atoms with Crippen LogP contribution in [0.4, 0.5) is 0 Å². The molecule has 0 aromatic heterocycles. The first-order valence-electron chi connectivity index (χ1n) is 5.54. The van der Waals surface area contributed by atoms with Gasteiger partial charge in [0.05, 0.1) is 11.0 Å². The van der Waals surface area contributed by atoms with Gasteiger partial charge in [-0.1, -0.05) is 13.8 Å². The quantitative estimate of drug-likeness (QED) is 0.683. The molecule has 0 heterocycles. The Kier molecular flexibility index (Phi) is 6.19. The van der Waals surface area contributed by atoms with Crippen LogP contribution in [0.25, 0.3) is 0 Å². The van der Waals surface area contributed by atoms with Gasteiger partial charge in [-0.15, -0.1) is 11.6 Å². The third-order valence-corrected chi connectivity index (χ3v) is 5.47. The first kappa shape index (κ1) is 15.2. The average molecular weight is 255 g/mol. The summed E-state index contributed by atoms with van der Waals surface area (Å²) in [5.41, 5.74) is 0. The van der Waals surface area contributed by atoms with E-state index in [2.05, 4.69) is 13.8 Å². The third-order valence-electron chi connectivity index (χ3n) is 2.90. The second-order valence-corrected chi connectivity index (χ2v) is 8.16. The maximum absolute atomic E-state index is 11.6. The monoisotopic (exact) mass is 254 g/mol. The van der Waals surface area contributed by atoms with Crippen molar-refractivity contribution in [1.29, 1.82) is 0 Å². The molecule has 0 saturated carbocycles. The molecule has 2 unspecified atom stereocenters. The molecule has 0 bridgehead atoms. The highest BCUT2D eigenvalue weighted by Gasteiger charge is 2.23. The van der Waals surface area contributed by atoms with Gasteiger partial charge < -0.3 is 0 Å². The summed E-state index contributed by atoms with van der Waals surface area (Å²) in [5, 5.41) is -0.247. The van der Waals surface area contributed by atoms with E-state index in [1.807, 2.05) is 6.92 Å². The van der Waals surface area contributed by atoms with Crippen molar-refractivity contribution in [1.82, 2.24) is 0 Å². The highest BCUT2D eigenvalue weighted by atomic mass is 35.5. The Morgan fingerprint density at radius 1 is 1.07 bits per heavy atom. The highest BCUT2D eigenvalue weighted by molar-refractivity contribution is 7.91. The van der Waals surface area contributed by atoms with Gasteiger partial charge in [-0.2, -0.15) is 0 Å². The number of alkyl halides is 1. The summed E-state index contributed by atoms with van der Waals surface area (Å²) in [7, 11) is -2.92. The van der Waals surface area contributed by atoms with Gasteiger partial charge in [-0.3, -0.25) is 0 Å². The second-order valence-electron chi connectivity index (χ2n) is 4.79. The van der Waals surface area contributed by atoms with Crippen LogP contribution in [0.3, 0.4) is 0 Å². The zero-order chi connectivity index (χ0) is 12.2. The van der Waals surface area contributed by atoms with Crippen molar-refractivity contribution in [2.75, 3.05) is 5.75 Å². The van der Waals surface area contributed by atoms with Crippen LogP contribution in [0, 0.1) is 11.8 Å². The van der Waals surface area contributed by atoms with Gasteiger partial charge >= 0.3 is 0 Å². The predicted molar refractivity (Wildman–Crippen MR) is 67.2 cm³/mol. The maximum atomic E-state index is 11.6. The van der Waals surface area contributed by atoms with E-state index < -0.39 is 9.84 Å². The summed E-state index contributed by atoms with van der Waals surface area (Å²) in [6, 6.07) is 0. The number of sulfone groups is 1. The van der Waals surface area contributed by atoms with E-state index in [1.165, 1.54) is 0 Å². The molecule has 0 aliphatic heterocycles. The molecular formula is C11H23ClO2S. The van der Waals surface area contributed by atoms with Crippen LogP contribution in [0.1, 0.15) is 41.0 Å². The van der Waals surface area contributed by atoms with E-state index in [0.29, 0.717) is 12.3 Å². The molecule has 0 aliphatic rings. The van der Waals surface area contributed by atoms with Gasteiger partial charge in [-0.05, 0) is 39.0 Å². The summed E-state index contributed by atoms with van der Waals surface area (Å²) in [6.07, 6.45) is 0.669. The van der Waals surface area contributed by atoms with Crippen molar-refractivity contribution in [2.24, 2.45) is 11.8 Å². The van der Waals surface area contributed by atoms with Gasteiger partial charge in [0.1, 0.15) is 0 Å². The number of halogens is 1. The Labute approximate surface area is 99.3 Å². The van der Waals surface area contributed by atoms with Gasteiger partial charge in [0.25, 0.3) is 0 Å². The highest BCUT2D eigenvalue weighted by Crippen LogP contribution is 2.24. The lowest BCUT2D eigenvalue weighted by Crippen LogP contribution is -2.25. The first-order valence-corrected chi connectivity index (χ1v) is 7.69. The van der Waals surface area contributed by atoms with Crippen molar-refractivity contribution in [3.05, 3.63) is 0 Å². The van der Waals surface area contributed by atoms with Crippen molar-refractivity contribution in [2.45, 2.75) is 51.7 Å². The van der Waals surface area contributed by atoms with Gasteiger partial charge in [0.2, 0.25) is 0 Å². The molecular weight excluding hydrogens is 232 g/mol. The zero-order valence-corrected chi connectivity index (χ0v) is 11.9. The molecule has 0 radical (unpaired) electrons. The fraction of sp³-hybridized carbons (Fsp3) is 1.00. The van der Waals surface area contributed by atoms with Crippen molar-refractivity contribution in [3.8, 4) is 0 Å². The molecule has 2 nitrogen and oxygen atoms in total. The van der Waals surface area contributed by atoms with Crippen LogP contribution < -0.4 is 0 Å². The molecule has 0 amide bonds. The molecule has 0 aromatic carbocycles. The lowest BCUT2D eigenvalue weighted by atomic mass is 9.90. The summed E-state index contributed by atoms with van der Waals surface area (Å²) in [5.74, 6) is 0.963. The molecule has 2 atom stereocenters. The molecule has 0 rings (SSSR count). The lowest BCUT2D eigenvalue weighted by molar-refractivity contribution is 0.367. The standard InChI is InChI=1S/C11H23ClO2S/c1-8(2)11(10(5)12)6-7-15(13,14)9(3)4/h8-11H,6-7H2,1-5H3. The minimum Gasteiger partial charge on any atom is -0.229 e. The average Bonchev–Trinajstić information content (AvgIpc) is 2.02. The number of hydrogen-bond donors (Lipinski definition) is 0. The van der Waals surface area contributed by atoms with Gasteiger partial charge in [0.15, 0.2) is 9.84 Å². The second kappa shape index (κ2) is 6.09. The van der Waals surface area contributed by atoms with E-state index in [0.717, 1.165) is 0 Å². The van der Waals surface area contributed by atoms with Crippen LogP contribution in [-0.2, 0) is 9.84 Å². The fourth-order valence-corrected chi connectivity index (χ4v) is 3.12. The largest absolute Gasteiger partial charge is 0.229 e. The van der Waals surface area contributed by atoms with Crippen molar-refractivity contribution < 1.29 is 8.42 Å². The maximum Gasteiger partial charge on any atom is 0.152 e. The Morgan fingerprint density at radius 3 is 1.80 bits per heavy atom. The molecule has 0 spiro atoms. The topological polar surface area (TPSA) is 34.1 Å². The molecule has 0 aromatic rings. The molecule has 4 heteroatoms. The lowest BCUT2D eigenvalue weighted by Gasteiger charge is -2.23. The van der Waals surface area contributed by atoms with E-state index in [4.69, 9.17) is 11.6 Å². The Hall–Kier alpha value is 0.240. The van der Waals surface area contributed by atoms with Crippen LogP contribution in [0.15, 0.2) is 0 Å². The third kappa shape index (κ3) is 5.21. The smallest absolute Gasteiger partial charge is 0.152 e. The summed E-state index contributed by atoms with van der Waals surface area (Å²) >= 11 is 6.05. The zero-order valence-electron chi connectivity index (χ0n) is 10.3. The number of rotatable bonds is 6. The summed E-state index contributed by atoms with van der Waals surface area (Å²) < 4.78 is 23.3. The molecule has 15 heavy (non-hydrogen) atoms. The fourth-order valence-electron chi connectivity index (χ4n) is 1.63. The van der Waals surface area contributed by atoms with E-state index >= 15 is 0 Å². The van der Waals surface area contributed by atoms with E-state index in [1.54, 1.807) is 13.8 Å². The van der Waals surface area contributed by atoms with Crippen LogP contribution >= 0.6 is 11.6 Å². The summed E-state index contributed by atoms with van der Waals surface area (Å²) in [6.45, 7) is 9.57. The Morgan fingerprint density at radius 2 is 1.53 bits per heavy atom. The molecule has 0 aliphatic carbocycles. The summed E-state index contributed by atoms with van der Waals surface area (Å²) in [4.78, 5) is 0. The minimum atomic E-state index is -2.92. The van der Waals surface area contributed by atoms with E-state index in [9.17, 15) is 8.42 Å². The molecule has 0 fully saturated rings. The van der Waals surface area contributed by atoms with Gasteiger partial charge in [-0.25, -0.2) is 8.42 Å². The predicted octanol–water partition coefficient (Wildman–Crippen LogP) is 3.10. The van der Waals surface area contributed by atoms with Gasteiger partial charge in [0, 0.05) is 5.38 Å². The van der Waals surface area contributed by atoms with Crippen LogP contribution in [0.2, 0.25) is 0 Å². The SMILES string of the molecule is CC(C)C(CCS(=O)(=O)C(C)C)C(C)Cl. The van der Waals surface area contributed by atoms with E-state index in [-0.39, 0.29) is 22.3 Å². The minimum absolute atomic E-state index is 0.0346. The first-order chi connectivity index (χ1) is 6.68. The molecule has 0 saturated heterocycles.